The van der Waals surface area contributed by atoms with Gasteiger partial charge in [0.1, 0.15) is 5.82 Å². The molecular weight excluding hydrogens is 236 g/mol. The summed E-state index contributed by atoms with van der Waals surface area (Å²) in [6.07, 6.45) is 4.15. The van der Waals surface area contributed by atoms with Gasteiger partial charge in [-0.3, -0.25) is 0 Å². The number of imidazole rings is 1. The van der Waals surface area contributed by atoms with E-state index in [1.54, 1.807) is 0 Å². The van der Waals surface area contributed by atoms with Crippen LogP contribution in [-0.4, -0.2) is 16.2 Å². The van der Waals surface area contributed by atoms with Crippen LogP contribution in [0.3, 0.4) is 0 Å². The molecule has 2 aromatic rings. The Labute approximate surface area is 114 Å². The van der Waals surface area contributed by atoms with Crippen molar-refractivity contribution in [1.29, 1.82) is 0 Å². The molecule has 1 aliphatic rings. The van der Waals surface area contributed by atoms with Crippen LogP contribution in [0.1, 0.15) is 35.1 Å². The van der Waals surface area contributed by atoms with Gasteiger partial charge >= 0.3 is 0 Å². The Morgan fingerprint density at radius 1 is 1.32 bits per heavy atom. The Hall–Kier alpha value is -1.61. The summed E-state index contributed by atoms with van der Waals surface area (Å²) in [5, 5.41) is 0. The van der Waals surface area contributed by atoms with E-state index < -0.39 is 0 Å². The summed E-state index contributed by atoms with van der Waals surface area (Å²) in [6.45, 7) is 6.71. The number of rotatable bonds is 3. The van der Waals surface area contributed by atoms with Crippen molar-refractivity contribution < 1.29 is 4.74 Å². The fraction of sp³-hybridized carbons (Fsp3) is 0.438. The minimum absolute atomic E-state index is 0.757. The molecule has 0 unspecified atom stereocenters. The molecule has 1 aliphatic heterocycles. The lowest BCUT2D eigenvalue weighted by atomic mass is 10.0. The highest BCUT2D eigenvalue weighted by Crippen LogP contribution is 2.19. The molecule has 0 amide bonds. The molecule has 1 aromatic heterocycles. The molecule has 2 heterocycles. The first-order valence-electron chi connectivity index (χ1n) is 6.97. The van der Waals surface area contributed by atoms with Crippen LogP contribution in [0.5, 0.6) is 0 Å². The molecule has 0 atom stereocenters. The van der Waals surface area contributed by atoms with Crippen LogP contribution in [-0.2, 0) is 30.7 Å². The van der Waals surface area contributed by atoms with E-state index in [1.807, 2.05) is 0 Å². The second kappa shape index (κ2) is 5.17. The lowest BCUT2D eigenvalue weighted by Crippen LogP contribution is -2.11. The average Bonchev–Trinajstić information content (AvgIpc) is 2.78. The number of aryl methyl sites for hydroxylation is 2. The van der Waals surface area contributed by atoms with Crippen LogP contribution >= 0.6 is 0 Å². The highest BCUT2D eigenvalue weighted by Gasteiger charge is 2.11. The topological polar surface area (TPSA) is 27.1 Å². The van der Waals surface area contributed by atoms with Gasteiger partial charge in [0.2, 0.25) is 0 Å². The Morgan fingerprint density at radius 3 is 3.05 bits per heavy atom. The Kier molecular flexibility index (Phi) is 3.38. The zero-order valence-electron chi connectivity index (χ0n) is 11.6. The zero-order chi connectivity index (χ0) is 13.2. The summed E-state index contributed by atoms with van der Waals surface area (Å²) in [7, 11) is 0. The van der Waals surface area contributed by atoms with Gasteiger partial charge in [0.15, 0.2) is 0 Å². The normalized spacial score (nSPS) is 14.4. The monoisotopic (exact) mass is 256 g/mol. The van der Waals surface area contributed by atoms with Crippen molar-refractivity contribution in [2.75, 3.05) is 6.61 Å². The minimum Gasteiger partial charge on any atom is -0.376 e. The largest absolute Gasteiger partial charge is 0.376 e. The summed E-state index contributed by atoms with van der Waals surface area (Å²) >= 11 is 0. The van der Waals surface area contributed by atoms with E-state index in [4.69, 9.17) is 4.74 Å². The van der Waals surface area contributed by atoms with Gasteiger partial charge in [0, 0.05) is 19.2 Å². The Balaban J connectivity index is 1.86. The van der Waals surface area contributed by atoms with Gasteiger partial charge in [-0.15, -0.1) is 0 Å². The molecule has 3 nitrogen and oxygen atoms in total. The molecular formula is C16H20N2O. The summed E-state index contributed by atoms with van der Waals surface area (Å²) in [6, 6.07) is 6.77. The fourth-order valence-corrected chi connectivity index (χ4v) is 2.73. The number of hydrogen-bond acceptors (Lipinski definition) is 2. The summed E-state index contributed by atoms with van der Waals surface area (Å²) in [4.78, 5) is 4.55. The van der Waals surface area contributed by atoms with Crippen LogP contribution in [0.4, 0.5) is 0 Å². The molecule has 0 aliphatic carbocycles. The van der Waals surface area contributed by atoms with Gasteiger partial charge in [-0.1, -0.05) is 25.1 Å². The molecule has 0 saturated carbocycles. The fourth-order valence-electron chi connectivity index (χ4n) is 2.73. The van der Waals surface area contributed by atoms with Crippen molar-refractivity contribution in [2.24, 2.45) is 0 Å². The maximum atomic E-state index is 5.53. The van der Waals surface area contributed by atoms with E-state index in [1.165, 1.54) is 16.7 Å². The number of benzene rings is 1. The van der Waals surface area contributed by atoms with E-state index in [-0.39, 0.29) is 0 Å². The first-order chi connectivity index (χ1) is 9.26. The highest BCUT2D eigenvalue weighted by molar-refractivity contribution is 5.33. The second-order valence-corrected chi connectivity index (χ2v) is 5.19. The van der Waals surface area contributed by atoms with Crippen molar-refractivity contribution >= 4 is 0 Å². The third-order valence-electron chi connectivity index (χ3n) is 3.69. The van der Waals surface area contributed by atoms with E-state index in [9.17, 15) is 0 Å². The number of fused-ring (bicyclic) bond motifs is 1. The predicted molar refractivity (Wildman–Crippen MR) is 75.2 cm³/mol. The van der Waals surface area contributed by atoms with Crippen molar-refractivity contribution in [1.82, 2.24) is 9.55 Å². The zero-order valence-corrected chi connectivity index (χ0v) is 11.6. The molecule has 1 aromatic carbocycles. The summed E-state index contributed by atoms with van der Waals surface area (Å²) in [5.74, 6) is 1.16. The van der Waals surface area contributed by atoms with E-state index >= 15 is 0 Å². The van der Waals surface area contributed by atoms with Crippen molar-refractivity contribution in [3.05, 3.63) is 52.6 Å². The first kappa shape index (κ1) is 12.4. The van der Waals surface area contributed by atoms with Gasteiger partial charge in [-0.05, 0) is 30.0 Å². The van der Waals surface area contributed by atoms with Crippen molar-refractivity contribution in [3.8, 4) is 0 Å². The molecule has 19 heavy (non-hydrogen) atoms. The van der Waals surface area contributed by atoms with Crippen LogP contribution in [0.2, 0.25) is 0 Å². The number of aromatic nitrogens is 2. The second-order valence-electron chi connectivity index (χ2n) is 5.19. The van der Waals surface area contributed by atoms with Gasteiger partial charge in [-0.25, -0.2) is 4.98 Å². The Morgan fingerprint density at radius 2 is 2.21 bits per heavy atom. The van der Waals surface area contributed by atoms with Crippen LogP contribution in [0, 0.1) is 6.92 Å². The molecule has 0 N–H and O–H groups in total. The third kappa shape index (κ3) is 2.56. The van der Waals surface area contributed by atoms with Crippen molar-refractivity contribution in [3.63, 3.8) is 0 Å². The molecule has 0 spiro atoms. The molecule has 0 fully saturated rings. The first-order valence-corrected chi connectivity index (χ1v) is 6.97. The smallest absolute Gasteiger partial charge is 0.108 e. The molecule has 0 bridgehead atoms. The highest BCUT2D eigenvalue weighted by atomic mass is 16.5. The van der Waals surface area contributed by atoms with Crippen LogP contribution < -0.4 is 0 Å². The van der Waals surface area contributed by atoms with Gasteiger partial charge in [0.25, 0.3) is 0 Å². The quantitative estimate of drug-likeness (QED) is 0.844. The average molecular weight is 256 g/mol. The number of nitrogens with zero attached hydrogens (tertiary/aromatic N) is 2. The van der Waals surface area contributed by atoms with E-state index in [0.29, 0.717) is 0 Å². The molecule has 100 valence electrons. The summed E-state index contributed by atoms with van der Waals surface area (Å²) in [5.41, 5.74) is 5.21. The maximum Gasteiger partial charge on any atom is 0.108 e. The molecule has 3 rings (SSSR count). The predicted octanol–water partition coefficient (Wildman–Crippen LogP) is 2.87. The maximum absolute atomic E-state index is 5.53. The van der Waals surface area contributed by atoms with E-state index in [2.05, 4.69) is 47.8 Å². The third-order valence-corrected chi connectivity index (χ3v) is 3.69. The lowest BCUT2D eigenvalue weighted by Gasteiger charge is -2.17. The molecule has 3 heteroatoms. The standard InChI is InChI=1S/C16H20N2O/c1-3-16-17-12(2)9-18(16)10-13-4-5-14-6-7-19-11-15(14)8-13/h4-5,8-9H,3,6-7,10-11H2,1-2H3. The lowest BCUT2D eigenvalue weighted by molar-refractivity contribution is 0.110. The Bertz CT molecular complexity index is 586. The summed E-state index contributed by atoms with van der Waals surface area (Å²) < 4.78 is 7.78. The number of ether oxygens (including phenoxy) is 1. The van der Waals surface area contributed by atoms with Gasteiger partial charge in [-0.2, -0.15) is 0 Å². The molecule has 0 radical (unpaired) electrons. The van der Waals surface area contributed by atoms with E-state index in [0.717, 1.165) is 44.1 Å². The number of hydrogen-bond donors (Lipinski definition) is 0. The van der Waals surface area contributed by atoms with Crippen LogP contribution in [0.15, 0.2) is 24.4 Å². The van der Waals surface area contributed by atoms with Crippen molar-refractivity contribution in [2.45, 2.75) is 39.8 Å². The van der Waals surface area contributed by atoms with Crippen LogP contribution in [0.25, 0.3) is 0 Å². The SMILES string of the molecule is CCc1nc(C)cn1Cc1ccc2c(c1)COCC2. The van der Waals surface area contributed by atoms with Gasteiger partial charge in [0.05, 0.1) is 18.9 Å². The minimum atomic E-state index is 0.757. The van der Waals surface area contributed by atoms with Gasteiger partial charge < -0.3 is 9.30 Å². The molecule has 0 saturated heterocycles.